The van der Waals surface area contributed by atoms with Crippen LogP contribution < -0.4 is 5.73 Å². The lowest BCUT2D eigenvalue weighted by molar-refractivity contribution is 0.140. The van der Waals surface area contributed by atoms with Crippen LogP contribution in [-0.4, -0.2) is 29.0 Å². The molecule has 0 saturated heterocycles. The van der Waals surface area contributed by atoms with E-state index in [4.69, 9.17) is 10.5 Å². The first-order chi connectivity index (χ1) is 6.98. The lowest BCUT2D eigenvalue weighted by Crippen LogP contribution is -2.43. The molecule has 4 heteroatoms. The molecular weight excluding hydrogens is 190 g/mol. The van der Waals surface area contributed by atoms with Gasteiger partial charge in [0.05, 0.1) is 12.3 Å². The molecule has 1 aromatic heterocycles. The molecule has 86 valence electrons. The van der Waals surface area contributed by atoms with Crippen LogP contribution in [0, 0.1) is 0 Å². The van der Waals surface area contributed by atoms with Crippen molar-refractivity contribution in [2.24, 2.45) is 12.8 Å². The summed E-state index contributed by atoms with van der Waals surface area (Å²) < 4.78 is 7.00. The van der Waals surface area contributed by atoms with Gasteiger partial charge in [-0.05, 0) is 19.4 Å². The van der Waals surface area contributed by atoms with Crippen LogP contribution in [0.1, 0.15) is 25.2 Å². The highest BCUT2D eigenvalue weighted by molar-refractivity contribution is 5.13. The molecule has 0 aromatic carbocycles. The SMILES string of the molecule is CCc1cc(CC(C)(N)COC)n(C)n1. The number of hydrogen-bond donors (Lipinski definition) is 1. The van der Waals surface area contributed by atoms with Gasteiger partial charge in [-0.15, -0.1) is 0 Å². The van der Waals surface area contributed by atoms with Gasteiger partial charge in [-0.2, -0.15) is 5.10 Å². The Balaban J connectivity index is 2.75. The van der Waals surface area contributed by atoms with Crippen LogP contribution in [0.2, 0.25) is 0 Å². The Bertz CT molecular complexity index is 318. The summed E-state index contributed by atoms with van der Waals surface area (Å²) in [7, 11) is 3.63. The van der Waals surface area contributed by atoms with Crippen LogP contribution in [0.25, 0.3) is 0 Å². The Morgan fingerprint density at radius 3 is 2.73 bits per heavy atom. The van der Waals surface area contributed by atoms with E-state index in [2.05, 4.69) is 18.1 Å². The normalized spacial score (nSPS) is 15.3. The number of nitrogens with two attached hydrogens (primary N) is 1. The molecule has 0 fully saturated rings. The topological polar surface area (TPSA) is 53.1 Å². The van der Waals surface area contributed by atoms with Crippen molar-refractivity contribution in [3.8, 4) is 0 Å². The lowest BCUT2D eigenvalue weighted by Gasteiger charge is -2.23. The highest BCUT2D eigenvalue weighted by Crippen LogP contribution is 2.12. The molecule has 1 heterocycles. The fourth-order valence-electron chi connectivity index (χ4n) is 1.70. The van der Waals surface area contributed by atoms with E-state index in [1.807, 2.05) is 18.7 Å². The summed E-state index contributed by atoms with van der Waals surface area (Å²) >= 11 is 0. The second-order valence-corrected chi connectivity index (χ2v) is 4.37. The first-order valence-corrected chi connectivity index (χ1v) is 5.28. The van der Waals surface area contributed by atoms with E-state index in [1.165, 1.54) is 0 Å². The molecule has 0 amide bonds. The summed E-state index contributed by atoms with van der Waals surface area (Å²) in [5.41, 5.74) is 8.06. The van der Waals surface area contributed by atoms with Gasteiger partial charge < -0.3 is 10.5 Å². The molecule has 0 aliphatic rings. The minimum Gasteiger partial charge on any atom is -0.383 e. The minimum absolute atomic E-state index is 0.326. The Hall–Kier alpha value is -0.870. The first kappa shape index (κ1) is 12.2. The van der Waals surface area contributed by atoms with Gasteiger partial charge in [0.15, 0.2) is 0 Å². The average molecular weight is 211 g/mol. The molecule has 0 spiro atoms. The molecule has 0 bridgehead atoms. The van der Waals surface area contributed by atoms with Gasteiger partial charge in [0, 0.05) is 31.8 Å². The van der Waals surface area contributed by atoms with Crippen molar-refractivity contribution in [3.63, 3.8) is 0 Å². The number of ether oxygens (including phenoxy) is 1. The number of nitrogens with zero attached hydrogens (tertiary/aromatic N) is 2. The van der Waals surface area contributed by atoms with E-state index in [0.717, 1.165) is 24.2 Å². The highest BCUT2D eigenvalue weighted by atomic mass is 16.5. The van der Waals surface area contributed by atoms with E-state index < -0.39 is 0 Å². The summed E-state index contributed by atoms with van der Waals surface area (Å²) in [4.78, 5) is 0. The summed E-state index contributed by atoms with van der Waals surface area (Å²) in [6, 6.07) is 2.11. The molecule has 1 rings (SSSR count). The van der Waals surface area contributed by atoms with Gasteiger partial charge >= 0.3 is 0 Å². The van der Waals surface area contributed by atoms with Crippen LogP contribution in [0.15, 0.2) is 6.07 Å². The predicted molar refractivity (Wildman–Crippen MR) is 60.8 cm³/mol. The number of hydrogen-bond acceptors (Lipinski definition) is 3. The number of rotatable bonds is 5. The van der Waals surface area contributed by atoms with Crippen molar-refractivity contribution < 1.29 is 4.74 Å². The predicted octanol–water partition coefficient (Wildman–Crippen LogP) is 0.889. The molecule has 0 radical (unpaired) electrons. The molecular formula is C11H21N3O. The van der Waals surface area contributed by atoms with Crippen molar-refractivity contribution in [3.05, 3.63) is 17.5 Å². The summed E-state index contributed by atoms with van der Waals surface area (Å²) in [6.45, 7) is 4.65. The summed E-state index contributed by atoms with van der Waals surface area (Å²) in [5, 5.41) is 4.39. The van der Waals surface area contributed by atoms with Gasteiger partial charge in [0.2, 0.25) is 0 Å². The van der Waals surface area contributed by atoms with Crippen LogP contribution in [0.4, 0.5) is 0 Å². The fraction of sp³-hybridized carbons (Fsp3) is 0.727. The third-order valence-electron chi connectivity index (χ3n) is 2.45. The van der Waals surface area contributed by atoms with Crippen molar-refractivity contribution in [2.45, 2.75) is 32.2 Å². The van der Waals surface area contributed by atoms with Crippen molar-refractivity contribution in [1.82, 2.24) is 9.78 Å². The monoisotopic (exact) mass is 211 g/mol. The van der Waals surface area contributed by atoms with Gasteiger partial charge in [0.25, 0.3) is 0 Å². The molecule has 0 aliphatic carbocycles. The fourth-order valence-corrected chi connectivity index (χ4v) is 1.70. The summed E-state index contributed by atoms with van der Waals surface area (Å²) in [5.74, 6) is 0. The quantitative estimate of drug-likeness (QED) is 0.787. The third kappa shape index (κ3) is 3.32. The third-order valence-corrected chi connectivity index (χ3v) is 2.45. The molecule has 1 aromatic rings. The first-order valence-electron chi connectivity index (χ1n) is 5.28. The van der Waals surface area contributed by atoms with E-state index in [1.54, 1.807) is 7.11 Å². The van der Waals surface area contributed by atoms with Gasteiger partial charge in [0.1, 0.15) is 0 Å². The maximum absolute atomic E-state index is 6.11. The van der Waals surface area contributed by atoms with Crippen LogP contribution in [0.5, 0.6) is 0 Å². The Labute approximate surface area is 91.4 Å². The van der Waals surface area contributed by atoms with Gasteiger partial charge in [-0.25, -0.2) is 0 Å². The van der Waals surface area contributed by atoms with Gasteiger partial charge in [-0.3, -0.25) is 4.68 Å². The maximum atomic E-state index is 6.11. The van der Waals surface area contributed by atoms with E-state index in [9.17, 15) is 0 Å². The Morgan fingerprint density at radius 1 is 1.60 bits per heavy atom. The highest BCUT2D eigenvalue weighted by Gasteiger charge is 2.21. The Kier molecular flexibility index (Phi) is 3.88. The molecule has 0 aliphatic heterocycles. The van der Waals surface area contributed by atoms with E-state index in [-0.39, 0.29) is 5.54 Å². The van der Waals surface area contributed by atoms with Crippen molar-refractivity contribution in [2.75, 3.05) is 13.7 Å². The lowest BCUT2D eigenvalue weighted by atomic mass is 9.98. The molecule has 15 heavy (non-hydrogen) atoms. The molecule has 2 N–H and O–H groups in total. The van der Waals surface area contributed by atoms with E-state index >= 15 is 0 Å². The second kappa shape index (κ2) is 4.77. The largest absolute Gasteiger partial charge is 0.383 e. The standard InChI is InChI=1S/C11H21N3O/c1-5-9-6-10(14(3)13-9)7-11(2,12)8-15-4/h6H,5,7-8,12H2,1-4H3. The van der Waals surface area contributed by atoms with Gasteiger partial charge in [-0.1, -0.05) is 6.92 Å². The minimum atomic E-state index is -0.326. The molecule has 1 unspecified atom stereocenters. The van der Waals surface area contributed by atoms with Crippen molar-refractivity contribution >= 4 is 0 Å². The zero-order valence-electron chi connectivity index (χ0n) is 10.1. The average Bonchev–Trinajstić information content (AvgIpc) is 2.46. The molecule has 4 nitrogen and oxygen atoms in total. The zero-order chi connectivity index (χ0) is 11.5. The molecule has 1 atom stereocenters. The zero-order valence-corrected chi connectivity index (χ0v) is 10.1. The molecule has 0 saturated carbocycles. The van der Waals surface area contributed by atoms with E-state index in [0.29, 0.717) is 6.61 Å². The van der Waals surface area contributed by atoms with Crippen LogP contribution in [0.3, 0.4) is 0 Å². The second-order valence-electron chi connectivity index (χ2n) is 4.37. The number of aryl methyl sites for hydroxylation is 2. The Morgan fingerprint density at radius 2 is 2.27 bits per heavy atom. The number of aromatic nitrogens is 2. The van der Waals surface area contributed by atoms with Crippen LogP contribution in [-0.2, 0) is 24.6 Å². The number of methoxy groups -OCH3 is 1. The summed E-state index contributed by atoms with van der Waals surface area (Å²) in [6.07, 6.45) is 1.74. The maximum Gasteiger partial charge on any atom is 0.0643 e. The smallest absolute Gasteiger partial charge is 0.0643 e. The van der Waals surface area contributed by atoms with Crippen LogP contribution >= 0.6 is 0 Å². The van der Waals surface area contributed by atoms with Crippen molar-refractivity contribution in [1.29, 1.82) is 0 Å².